The number of carbonyl (C=O) groups excluding carboxylic acids is 2. The maximum absolute atomic E-state index is 12.8. The van der Waals surface area contributed by atoms with Crippen molar-refractivity contribution >= 4 is 17.4 Å². The minimum atomic E-state index is -0.694. The van der Waals surface area contributed by atoms with Gasteiger partial charge in [-0.1, -0.05) is 12.1 Å². The fourth-order valence-electron chi connectivity index (χ4n) is 3.24. The number of ether oxygens (including phenoxy) is 1. The van der Waals surface area contributed by atoms with Gasteiger partial charge in [-0.05, 0) is 43.9 Å². The van der Waals surface area contributed by atoms with Gasteiger partial charge >= 0.3 is 0 Å². The van der Waals surface area contributed by atoms with Crippen molar-refractivity contribution in [2.24, 2.45) is 0 Å². The molecule has 0 radical (unpaired) electrons. The largest absolute Gasteiger partial charge is 0.507 e. The van der Waals surface area contributed by atoms with Gasteiger partial charge in [-0.25, -0.2) is 0 Å². The van der Waals surface area contributed by atoms with Crippen LogP contribution in [0.5, 0.6) is 5.75 Å². The molecular formula is C21H23N3O4. The van der Waals surface area contributed by atoms with Crippen molar-refractivity contribution in [2.75, 3.05) is 34.3 Å². The lowest BCUT2D eigenvalue weighted by atomic mass is 9.96. The van der Waals surface area contributed by atoms with E-state index >= 15 is 0 Å². The Kier molecular flexibility index (Phi) is 5.75. The predicted molar refractivity (Wildman–Crippen MR) is 105 cm³/mol. The number of aromatic nitrogens is 1. The van der Waals surface area contributed by atoms with E-state index in [-0.39, 0.29) is 11.3 Å². The highest BCUT2D eigenvalue weighted by Crippen LogP contribution is 2.39. The van der Waals surface area contributed by atoms with Crippen LogP contribution in [-0.4, -0.2) is 65.9 Å². The fourth-order valence-corrected chi connectivity index (χ4v) is 3.24. The summed E-state index contributed by atoms with van der Waals surface area (Å²) in [4.78, 5) is 33.0. The summed E-state index contributed by atoms with van der Waals surface area (Å²) in [5, 5.41) is 11.0. The second-order valence-electron chi connectivity index (χ2n) is 6.81. The van der Waals surface area contributed by atoms with Gasteiger partial charge in [-0.2, -0.15) is 0 Å². The highest BCUT2D eigenvalue weighted by molar-refractivity contribution is 6.46. The van der Waals surface area contributed by atoms with E-state index in [9.17, 15) is 14.7 Å². The van der Waals surface area contributed by atoms with E-state index in [2.05, 4.69) is 4.98 Å². The Hall–Kier alpha value is -3.19. The molecule has 3 rings (SSSR count). The first kappa shape index (κ1) is 19.6. The molecule has 1 aliphatic heterocycles. The molecule has 7 nitrogen and oxygen atoms in total. The lowest BCUT2D eigenvalue weighted by Gasteiger charge is -2.26. The number of hydrogen-bond acceptors (Lipinski definition) is 6. The molecule has 1 atom stereocenters. The second kappa shape index (κ2) is 8.22. The number of ketones is 1. The predicted octanol–water partition coefficient (Wildman–Crippen LogP) is 2.07. The number of carbonyl (C=O) groups is 2. The standard InChI is InChI=1S/C21H23N3O4/c1-23(2)11-12-24-18(14-7-9-22-10-8-14)17(20(26)21(24)27)19(25)15-5-4-6-16(13-15)28-3/h4-10,13,18,25H,11-12H2,1-3H3/b19-17-. The molecule has 1 saturated heterocycles. The Balaban J connectivity index is 2.13. The third-order valence-corrected chi connectivity index (χ3v) is 4.69. The minimum absolute atomic E-state index is 0.0724. The fraction of sp³-hybridized carbons (Fsp3) is 0.286. The van der Waals surface area contributed by atoms with E-state index in [4.69, 9.17) is 4.74 Å². The van der Waals surface area contributed by atoms with Crippen molar-refractivity contribution < 1.29 is 19.4 Å². The van der Waals surface area contributed by atoms with Gasteiger partial charge in [0.05, 0.1) is 18.7 Å². The van der Waals surface area contributed by atoms with E-state index in [0.717, 1.165) is 5.56 Å². The molecule has 1 fully saturated rings. The Morgan fingerprint density at radius 2 is 1.93 bits per heavy atom. The van der Waals surface area contributed by atoms with E-state index in [1.807, 2.05) is 19.0 Å². The maximum Gasteiger partial charge on any atom is 0.295 e. The molecule has 2 aromatic rings. The Morgan fingerprint density at radius 3 is 2.57 bits per heavy atom. The summed E-state index contributed by atoms with van der Waals surface area (Å²) < 4.78 is 5.20. The molecule has 1 unspecified atom stereocenters. The first-order valence-electron chi connectivity index (χ1n) is 8.91. The number of Topliss-reactive ketones (excluding diaryl/α,β-unsaturated/α-hetero) is 1. The number of hydrogen-bond donors (Lipinski definition) is 1. The minimum Gasteiger partial charge on any atom is -0.507 e. The molecule has 1 aliphatic rings. The number of likely N-dealkylation sites (tertiary alicyclic amines) is 1. The zero-order valence-electron chi connectivity index (χ0n) is 16.1. The summed E-state index contributed by atoms with van der Waals surface area (Å²) in [5.41, 5.74) is 1.21. The lowest BCUT2D eigenvalue weighted by Crippen LogP contribution is -2.35. The smallest absolute Gasteiger partial charge is 0.295 e. The lowest BCUT2D eigenvalue weighted by molar-refractivity contribution is -0.140. The molecule has 0 bridgehead atoms. The monoisotopic (exact) mass is 381 g/mol. The number of aliphatic hydroxyl groups excluding tert-OH is 1. The van der Waals surface area contributed by atoms with Gasteiger partial charge in [0.1, 0.15) is 11.5 Å². The van der Waals surface area contributed by atoms with Crippen molar-refractivity contribution in [3.63, 3.8) is 0 Å². The van der Waals surface area contributed by atoms with Crippen molar-refractivity contribution in [2.45, 2.75) is 6.04 Å². The van der Waals surface area contributed by atoms with E-state index in [1.54, 1.807) is 48.8 Å². The van der Waals surface area contributed by atoms with Crippen LogP contribution in [0.1, 0.15) is 17.2 Å². The van der Waals surface area contributed by atoms with Crippen LogP contribution < -0.4 is 4.74 Å². The van der Waals surface area contributed by atoms with Crippen molar-refractivity contribution in [3.05, 3.63) is 65.5 Å². The molecule has 28 heavy (non-hydrogen) atoms. The number of pyridine rings is 1. The molecule has 1 aromatic heterocycles. The topological polar surface area (TPSA) is 83.0 Å². The number of benzene rings is 1. The molecule has 0 aliphatic carbocycles. The molecule has 1 amide bonds. The van der Waals surface area contributed by atoms with Crippen LogP contribution >= 0.6 is 0 Å². The maximum atomic E-state index is 12.8. The summed E-state index contributed by atoms with van der Waals surface area (Å²) >= 11 is 0. The van der Waals surface area contributed by atoms with Crippen molar-refractivity contribution in [3.8, 4) is 5.75 Å². The van der Waals surface area contributed by atoms with E-state index in [1.165, 1.54) is 12.0 Å². The second-order valence-corrected chi connectivity index (χ2v) is 6.81. The highest BCUT2D eigenvalue weighted by Gasteiger charge is 2.45. The zero-order chi connectivity index (χ0) is 20.3. The molecule has 7 heteroatoms. The Bertz CT molecular complexity index is 909. The summed E-state index contributed by atoms with van der Waals surface area (Å²) in [5.74, 6) is -0.980. The number of rotatable bonds is 6. The summed E-state index contributed by atoms with van der Waals surface area (Å²) in [6.45, 7) is 0.952. The zero-order valence-corrected chi connectivity index (χ0v) is 16.1. The number of aliphatic hydroxyl groups is 1. The number of methoxy groups -OCH3 is 1. The van der Waals surface area contributed by atoms with Gasteiger partial charge < -0.3 is 19.6 Å². The van der Waals surface area contributed by atoms with Crippen molar-refractivity contribution in [1.82, 2.24) is 14.8 Å². The number of amides is 1. The van der Waals surface area contributed by atoms with Crippen LogP contribution in [0.25, 0.3) is 5.76 Å². The normalized spacial score (nSPS) is 18.7. The molecule has 0 spiro atoms. The third-order valence-electron chi connectivity index (χ3n) is 4.69. The van der Waals surface area contributed by atoms with E-state index in [0.29, 0.717) is 24.4 Å². The third kappa shape index (κ3) is 3.75. The molecule has 146 valence electrons. The first-order valence-corrected chi connectivity index (χ1v) is 8.91. The highest BCUT2D eigenvalue weighted by atomic mass is 16.5. The molecule has 0 saturated carbocycles. The van der Waals surface area contributed by atoms with Crippen LogP contribution in [0.4, 0.5) is 0 Å². The van der Waals surface area contributed by atoms with Crippen LogP contribution in [0.2, 0.25) is 0 Å². The van der Waals surface area contributed by atoms with E-state index < -0.39 is 17.7 Å². The van der Waals surface area contributed by atoms with Crippen LogP contribution in [0.3, 0.4) is 0 Å². The molecule has 2 heterocycles. The quantitative estimate of drug-likeness (QED) is 0.469. The van der Waals surface area contributed by atoms with Gasteiger partial charge in [0.25, 0.3) is 11.7 Å². The average Bonchev–Trinajstić information content (AvgIpc) is 2.97. The van der Waals surface area contributed by atoms with Gasteiger partial charge in [0, 0.05) is 31.0 Å². The van der Waals surface area contributed by atoms with Gasteiger partial charge in [-0.15, -0.1) is 0 Å². The average molecular weight is 381 g/mol. The van der Waals surface area contributed by atoms with Crippen LogP contribution in [0, 0.1) is 0 Å². The molecule has 1 N–H and O–H groups in total. The number of nitrogens with zero attached hydrogens (tertiary/aromatic N) is 3. The van der Waals surface area contributed by atoms with Crippen LogP contribution in [-0.2, 0) is 9.59 Å². The number of likely N-dealkylation sites (N-methyl/N-ethyl adjacent to an activating group) is 1. The molecular weight excluding hydrogens is 358 g/mol. The summed E-state index contributed by atoms with van der Waals surface area (Å²) in [6, 6.07) is 9.59. The van der Waals surface area contributed by atoms with Crippen LogP contribution in [0.15, 0.2) is 54.4 Å². The van der Waals surface area contributed by atoms with Crippen molar-refractivity contribution in [1.29, 1.82) is 0 Å². The first-order chi connectivity index (χ1) is 13.4. The Labute approximate surface area is 163 Å². The van der Waals surface area contributed by atoms with Gasteiger partial charge in [-0.3, -0.25) is 14.6 Å². The van der Waals surface area contributed by atoms with Gasteiger partial charge in [0.15, 0.2) is 0 Å². The summed E-state index contributed by atoms with van der Waals surface area (Å²) in [6.07, 6.45) is 3.21. The Morgan fingerprint density at radius 1 is 1.21 bits per heavy atom. The SMILES string of the molecule is COc1cccc(/C(O)=C2/C(=O)C(=O)N(CCN(C)C)C2c2ccncc2)c1. The summed E-state index contributed by atoms with van der Waals surface area (Å²) in [7, 11) is 5.32. The molecule has 1 aromatic carbocycles. The van der Waals surface area contributed by atoms with Gasteiger partial charge in [0.2, 0.25) is 0 Å².